The first-order valence-electron chi connectivity index (χ1n) is 7.26. The maximum Gasteiger partial charge on any atom is 0.326 e. The molecule has 24 heavy (non-hydrogen) atoms. The van der Waals surface area contributed by atoms with Gasteiger partial charge in [-0.1, -0.05) is 37.0 Å². The van der Waals surface area contributed by atoms with E-state index in [1.54, 1.807) is 49.7 Å². The molecule has 0 unspecified atom stereocenters. The highest BCUT2D eigenvalue weighted by Crippen LogP contribution is 2.25. The minimum absolute atomic E-state index is 0.130. The SMILES string of the molecule is Cc1cc(C(=O)N[C@H](C(=O)O)C(C)C)nn1-c1ccc(Cl)c(Cl)c1. The van der Waals surface area contributed by atoms with Gasteiger partial charge in [0.05, 0.1) is 15.7 Å². The van der Waals surface area contributed by atoms with Gasteiger partial charge in [0.15, 0.2) is 5.69 Å². The predicted molar refractivity (Wildman–Crippen MR) is 92.0 cm³/mol. The molecule has 0 aliphatic rings. The first-order valence-corrected chi connectivity index (χ1v) is 8.02. The lowest BCUT2D eigenvalue weighted by atomic mass is 10.0. The highest BCUT2D eigenvalue weighted by Gasteiger charge is 2.25. The van der Waals surface area contributed by atoms with E-state index in [0.717, 1.165) is 0 Å². The Balaban J connectivity index is 2.29. The van der Waals surface area contributed by atoms with E-state index in [9.17, 15) is 9.59 Å². The summed E-state index contributed by atoms with van der Waals surface area (Å²) in [5.41, 5.74) is 1.49. The molecule has 2 rings (SSSR count). The van der Waals surface area contributed by atoms with Crippen LogP contribution in [0.1, 0.15) is 30.0 Å². The predicted octanol–water partition coefficient (Wildman–Crippen LogP) is 3.33. The number of nitrogens with one attached hydrogen (secondary N) is 1. The lowest BCUT2D eigenvalue weighted by Gasteiger charge is -2.16. The molecule has 0 spiro atoms. The van der Waals surface area contributed by atoms with Gasteiger partial charge in [-0.05, 0) is 37.1 Å². The number of aliphatic carboxylic acids is 1. The number of nitrogens with zero attached hydrogens (tertiary/aromatic N) is 2. The lowest BCUT2D eigenvalue weighted by molar-refractivity contribution is -0.140. The Morgan fingerprint density at radius 2 is 1.88 bits per heavy atom. The van der Waals surface area contributed by atoms with Crippen molar-refractivity contribution in [2.45, 2.75) is 26.8 Å². The molecule has 2 N–H and O–H groups in total. The number of halogens is 2. The van der Waals surface area contributed by atoms with E-state index in [2.05, 4.69) is 10.4 Å². The van der Waals surface area contributed by atoms with Crippen molar-refractivity contribution >= 4 is 35.1 Å². The average molecular weight is 370 g/mol. The molecule has 128 valence electrons. The summed E-state index contributed by atoms with van der Waals surface area (Å²) < 4.78 is 1.54. The summed E-state index contributed by atoms with van der Waals surface area (Å²) >= 11 is 11.9. The highest BCUT2D eigenvalue weighted by molar-refractivity contribution is 6.42. The molecule has 8 heteroatoms. The number of aryl methyl sites for hydroxylation is 1. The van der Waals surface area contributed by atoms with Crippen LogP contribution in [0.5, 0.6) is 0 Å². The minimum atomic E-state index is -1.08. The van der Waals surface area contributed by atoms with Crippen molar-refractivity contribution in [1.82, 2.24) is 15.1 Å². The third kappa shape index (κ3) is 3.88. The molecule has 0 radical (unpaired) electrons. The third-order valence-electron chi connectivity index (χ3n) is 3.49. The highest BCUT2D eigenvalue weighted by atomic mass is 35.5. The molecule has 6 nitrogen and oxygen atoms in total. The Hall–Kier alpha value is -2.05. The summed E-state index contributed by atoms with van der Waals surface area (Å²) in [5.74, 6) is -1.87. The molecule has 0 saturated heterocycles. The van der Waals surface area contributed by atoms with E-state index >= 15 is 0 Å². The van der Waals surface area contributed by atoms with Crippen molar-refractivity contribution in [3.05, 3.63) is 45.7 Å². The summed E-state index contributed by atoms with van der Waals surface area (Å²) in [7, 11) is 0. The number of carboxylic acid groups (broad SMARTS) is 1. The molecule has 1 atom stereocenters. The Bertz CT molecular complexity index is 787. The number of aromatic nitrogens is 2. The van der Waals surface area contributed by atoms with Crippen LogP contribution in [0, 0.1) is 12.8 Å². The fourth-order valence-corrected chi connectivity index (χ4v) is 2.48. The number of benzene rings is 1. The van der Waals surface area contributed by atoms with Crippen molar-refractivity contribution in [3.8, 4) is 5.69 Å². The molecular formula is C16H17Cl2N3O3. The largest absolute Gasteiger partial charge is 0.480 e. The molecule has 0 aliphatic heterocycles. The summed E-state index contributed by atoms with van der Waals surface area (Å²) in [5, 5.41) is 16.7. The monoisotopic (exact) mass is 369 g/mol. The van der Waals surface area contributed by atoms with Crippen LogP contribution in [0.2, 0.25) is 10.0 Å². The molecule has 0 aliphatic carbocycles. The summed E-state index contributed by atoms with van der Waals surface area (Å²) in [6.45, 7) is 5.22. The first kappa shape index (κ1) is 18.3. The zero-order valence-electron chi connectivity index (χ0n) is 13.4. The van der Waals surface area contributed by atoms with E-state index in [4.69, 9.17) is 28.3 Å². The van der Waals surface area contributed by atoms with Gasteiger partial charge < -0.3 is 10.4 Å². The van der Waals surface area contributed by atoms with E-state index in [0.29, 0.717) is 21.4 Å². The molecular weight excluding hydrogens is 353 g/mol. The second-order valence-corrected chi connectivity index (χ2v) is 6.53. The summed E-state index contributed by atoms with van der Waals surface area (Å²) in [6, 6.07) is 5.60. The molecule has 1 amide bonds. The van der Waals surface area contributed by atoms with E-state index in [1.807, 2.05) is 0 Å². The van der Waals surface area contributed by atoms with Gasteiger partial charge in [0.2, 0.25) is 0 Å². The summed E-state index contributed by atoms with van der Waals surface area (Å²) in [4.78, 5) is 23.5. The van der Waals surface area contributed by atoms with Crippen LogP contribution in [-0.2, 0) is 4.79 Å². The van der Waals surface area contributed by atoms with Gasteiger partial charge in [0.25, 0.3) is 5.91 Å². The van der Waals surface area contributed by atoms with Crippen molar-refractivity contribution in [2.24, 2.45) is 5.92 Å². The maximum atomic E-state index is 12.3. The van der Waals surface area contributed by atoms with Gasteiger partial charge in [0, 0.05) is 5.69 Å². The molecule has 0 bridgehead atoms. The zero-order valence-corrected chi connectivity index (χ0v) is 14.9. The Kier molecular flexibility index (Phi) is 5.51. The number of amides is 1. The quantitative estimate of drug-likeness (QED) is 0.846. The van der Waals surface area contributed by atoms with Crippen LogP contribution in [0.3, 0.4) is 0 Å². The lowest BCUT2D eigenvalue weighted by Crippen LogP contribution is -2.44. The molecule has 1 aromatic heterocycles. The number of carbonyl (C=O) groups excluding carboxylic acids is 1. The standard InChI is InChI=1S/C16H17Cl2N3O3/c1-8(2)14(16(23)24)19-15(22)13-6-9(3)21(20-13)10-4-5-11(17)12(18)7-10/h4-8,14H,1-3H3,(H,19,22)(H,23,24)/t14-/m0/s1. The third-order valence-corrected chi connectivity index (χ3v) is 4.23. The molecule has 1 aromatic carbocycles. The van der Waals surface area contributed by atoms with Crippen LogP contribution in [0.25, 0.3) is 5.69 Å². The van der Waals surface area contributed by atoms with Crippen LogP contribution in [-0.4, -0.2) is 32.8 Å². The molecule has 0 saturated carbocycles. The number of hydrogen-bond donors (Lipinski definition) is 2. The fourth-order valence-electron chi connectivity index (χ4n) is 2.19. The van der Waals surface area contributed by atoms with Crippen molar-refractivity contribution < 1.29 is 14.7 Å². The number of carboxylic acids is 1. The van der Waals surface area contributed by atoms with Gasteiger partial charge in [-0.3, -0.25) is 4.79 Å². The Morgan fingerprint density at radius 3 is 2.42 bits per heavy atom. The van der Waals surface area contributed by atoms with Crippen LogP contribution < -0.4 is 5.32 Å². The molecule has 0 fully saturated rings. The number of carbonyl (C=O) groups is 2. The number of rotatable bonds is 5. The maximum absolute atomic E-state index is 12.3. The summed E-state index contributed by atoms with van der Waals surface area (Å²) in [6.07, 6.45) is 0. The number of hydrogen-bond acceptors (Lipinski definition) is 3. The van der Waals surface area contributed by atoms with Gasteiger partial charge in [0.1, 0.15) is 6.04 Å². The fraction of sp³-hybridized carbons (Fsp3) is 0.312. The molecule has 2 aromatic rings. The second kappa shape index (κ2) is 7.23. The van der Waals surface area contributed by atoms with Crippen molar-refractivity contribution in [1.29, 1.82) is 0 Å². The normalized spacial score (nSPS) is 12.2. The van der Waals surface area contributed by atoms with Crippen LogP contribution >= 0.6 is 23.2 Å². The van der Waals surface area contributed by atoms with Gasteiger partial charge in [-0.25, -0.2) is 9.48 Å². The van der Waals surface area contributed by atoms with Gasteiger partial charge >= 0.3 is 5.97 Å². The molecule has 1 heterocycles. The average Bonchev–Trinajstić information content (AvgIpc) is 2.88. The zero-order chi connectivity index (χ0) is 18.0. The van der Waals surface area contributed by atoms with Gasteiger partial charge in [-0.15, -0.1) is 0 Å². The van der Waals surface area contributed by atoms with Crippen molar-refractivity contribution in [2.75, 3.05) is 0 Å². The Labute approximate surface area is 149 Å². The smallest absolute Gasteiger partial charge is 0.326 e. The van der Waals surface area contributed by atoms with E-state index < -0.39 is 17.9 Å². The van der Waals surface area contributed by atoms with E-state index in [1.165, 1.54) is 0 Å². The topological polar surface area (TPSA) is 84.2 Å². The Morgan fingerprint density at radius 1 is 1.21 bits per heavy atom. The van der Waals surface area contributed by atoms with Crippen LogP contribution in [0.4, 0.5) is 0 Å². The van der Waals surface area contributed by atoms with Gasteiger partial charge in [-0.2, -0.15) is 5.10 Å². The first-order chi connectivity index (χ1) is 11.2. The second-order valence-electron chi connectivity index (χ2n) is 5.71. The minimum Gasteiger partial charge on any atom is -0.480 e. The van der Waals surface area contributed by atoms with Crippen LogP contribution in [0.15, 0.2) is 24.3 Å². The van der Waals surface area contributed by atoms with Crippen molar-refractivity contribution in [3.63, 3.8) is 0 Å². The van der Waals surface area contributed by atoms with E-state index in [-0.39, 0.29) is 11.6 Å².